The lowest BCUT2D eigenvalue weighted by atomic mass is 9.78. The van der Waals surface area contributed by atoms with Crippen molar-refractivity contribution in [2.45, 2.75) is 65.7 Å². The van der Waals surface area contributed by atoms with Gasteiger partial charge in [0.25, 0.3) is 0 Å². The average Bonchev–Trinajstić information content (AvgIpc) is 2.70. The van der Waals surface area contributed by atoms with Crippen molar-refractivity contribution in [2.75, 3.05) is 0 Å². The van der Waals surface area contributed by atoms with E-state index in [9.17, 15) is 0 Å². The molecule has 0 aliphatic heterocycles. The molecule has 0 heterocycles. The van der Waals surface area contributed by atoms with Crippen molar-refractivity contribution in [2.24, 2.45) is 10.2 Å². The van der Waals surface area contributed by atoms with Crippen LogP contribution in [-0.2, 0) is 17.3 Å². The van der Waals surface area contributed by atoms with Gasteiger partial charge in [0.2, 0.25) is 0 Å². The van der Waals surface area contributed by atoms with E-state index in [-0.39, 0.29) is 10.8 Å². The molecule has 0 unspecified atom stereocenters. The maximum absolute atomic E-state index is 4.42. The Morgan fingerprint density at radius 1 is 0.750 bits per heavy atom. The van der Waals surface area contributed by atoms with Crippen LogP contribution in [0.5, 0.6) is 0 Å². The Morgan fingerprint density at radius 3 is 1.69 bits per heavy atom. The summed E-state index contributed by atoms with van der Waals surface area (Å²) in [7, 11) is 0. The molecule has 3 aromatic rings. The molecule has 3 rings (SSSR count). The number of nitrogens with zero attached hydrogens (tertiary/aromatic N) is 2. The number of aryl methyl sites for hydroxylation is 1. The topological polar surface area (TPSA) is 24.7 Å². The average molecular weight is 425 g/mol. The molecule has 0 aromatic heterocycles. The van der Waals surface area contributed by atoms with Gasteiger partial charge in [0.1, 0.15) is 0 Å². The van der Waals surface area contributed by atoms with Gasteiger partial charge < -0.3 is 0 Å². The van der Waals surface area contributed by atoms with Crippen molar-refractivity contribution < 1.29 is 0 Å². The van der Waals surface area contributed by atoms with Gasteiger partial charge in [0.15, 0.2) is 0 Å². The second-order valence-corrected chi connectivity index (χ2v) is 10.8. The molecule has 0 saturated heterocycles. The van der Waals surface area contributed by atoms with Gasteiger partial charge >= 0.3 is 0 Å². The molecule has 0 radical (unpaired) electrons. The minimum absolute atomic E-state index is 0.0192. The number of benzene rings is 3. The predicted octanol–water partition coefficient (Wildman–Crippen LogP) is 7.11. The molecule has 0 aliphatic carbocycles. The largest absolute Gasteiger partial charge is 0.158 e. The van der Waals surface area contributed by atoms with Gasteiger partial charge in [-0.25, -0.2) is 0 Å². The normalized spacial score (nSPS) is 12.3. The summed E-state index contributed by atoms with van der Waals surface area (Å²) in [5, 5.41) is 11.0. The van der Waals surface area contributed by atoms with Crippen LogP contribution in [0.1, 0.15) is 69.4 Å². The maximum Gasteiger partial charge on any atom is 0.0857 e. The van der Waals surface area contributed by atoms with Gasteiger partial charge in [-0.05, 0) is 81.1 Å². The molecule has 0 atom stereocenters. The highest BCUT2D eigenvalue weighted by molar-refractivity contribution is 5.42. The summed E-state index contributed by atoms with van der Waals surface area (Å²) in [4.78, 5) is 0. The zero-order valence-electron chi connectivity index (χ0n) is 20.7. The molecule has 0 fully saturated rings. The van der Waals surface area contributed by atoms with Gasteiger partial charge in [-0.15, -0.1) is 0 Å². The summed E-state index contributed by atoms with van der Waals surface area (Å²) in [6, 6.07) is 21.4. The van der Waals surface area contributed by atoms with E-state index in [2.05, 4.69) is 114 Å². The van der Waals surface area contributed by atoms with E-state index in [1.807, 2.05) is 18.3 Å². The number of hydrogen-bond donors (Lipinski definition) is 0. The van der Waals surface area contributed by atoms with E-state index >= 15 is 0 Å². The fourth-order valence-corrected chi connectivity index (χ4v) is 3.89. The highest BCUT2D eigenvalue weighted by Crippen LogP contribution is 2.23. The maximum atomic E-state index is 4.42. The predicted molar refractivity (Wildman–Crippen MR) is 138 cm³/mol. The quantitative estimate of drug-likeness (QED) is 0.399. The molecule has 2 nitrogen and oxygen atoms in total. The Morgan fingerprint density at radius 2 is 1.22 bits per heavy atom. The zero-order valence-corrected chi connectivity index (χ0v) is 20.7. The number of azo groups is 1. The summed E-state index contributed by atoms with van der Waals surface area (Å²) in [5.41, 5.74) is 7.28. The number of hydrogen-bond acceptors (Lipinski definition) is 2. The molecule has 0 aliphatic rings. The summed E-state index contributed by atoms with van der Waals surface area (Å²) in [6.45, 7) is 19.9. The molecule has 166 valence electrons. The first-order valence-corrected chi connectivity index (χ1v) is 11.3. The van der Waals surface area contributed by atoms with Crippen molar-refractivity contribution in [3.63, 3.8) is 0 Å². The van der Waals surface area contributed by atoms with E-state index in [1.165, 1.54) is 27.8 Å². The molecule has 0 bridgehead atoms. The molecule has 0 N–H and O–H groups in total. The molecular weight excluding hydrogens is 388 g/mol. The van der Waals surface area contributed by atoms with Gasteiger partial charge in [-0.2, -0.15) is 10.2 Å². The minimum Gasteiger partial charge on any atom is -0.158 e. The van der Waals surface area contributed by atoms with Crippen molar-refractivity contribution in [3.05, 3.63) is 98.9 Å². The van der Waals surface area contributed by atoms with Crippen LogP contribution in [0.4, 0.5) is 5.69 Å². The standard InChI is InChI=1S/C30H36N2/c1-21-9-11-23(12-10-21)17-24-13-15-26(16-14-24)32-31-20-25-18-27(29(3,4)5)22(2)28(19-25)30(6,7)8/h9-16,18-20H,2,17H2,1,3-8H3/b32-31+. The molecule has 32 heavy (non-hydrogen) atoms. The number of rotatable bonds is 4. The Balaban J connectivity index is 1.84. The second kappa shape index (κ2) is 9.24. The molecule has 2 heteroatoms. The summed E-state index contributed by atoms with van der Waals surface area (Å²) >= 11 is 0. The lowest BCUT2D eigenvalue weighted by Crippen LogP contribution is -2.32. The van der Waals surface area contributed by atoms with Crippen molar-refractivity contribution >= 4 is 18.5 Å². The van der Waals surface area contributed by atoms with Crippen LogP contribution in [0.25, 0.3) is 12.8 Å². The SMILES string of the molecule is C=c1c(C(C)(C)C)cc(=C/N=N/c2ccc(Cc3ccc(C)cc3)cc2)cc1C(C)(C)C. The van der Waals surface area contributed by atoms with Crippen LogP contribution >= 0.6 is 0 Å². The Labute approximate surface area is 193 Å². The lowest BCUT2D eigenvalue weighted by Gasteiger charge is -2.26. The van der Waals surface area contributed by atoms with Gasteiger partial charge in [-0.1, -0.05) is 90.1 Å². The third kappa shape index (κ3) is 6.03. The van der Waals surface area contributed by atoms with E-state index < -0.39 is 0 Å². The highest BCUT2D eigenvalue weighted by Gasteiger charge is 2.21. The summed E-state index contributed by atoms with van der Waals surface area (Å²) < 4.78 is 0. The van der Waals surface area contributed by atoms with E-state index in [4.69, 9.17) is 0 Å². The smallest absolute Gasteiger partial charge is 0.0857 e. The fourth-order valence-electron chi connectivity index (χ4n) is 3.89. The van der Waals surface area contributed by atoms with Crippen molar-refractivity contribution in [3.8, 4) is 0 Å². The van der Waals surface area contributed by atoms with E-state index in [0.717, 1.165) is 22.5 Å². The van der Waals surface area contributed by atoms with Crippen LogP contribution in [0.15, 0.2) is 70.9 Å². The fraction of sp³-hybridized carbons (Fsp3) is 0.333. The van der Waals surface area contributed by atoms with Crippen LogP contribution in [-0.4, -0.2) is 0 Å². The molecule has 3 aromatic carbocycles. The third-order valence-corrected chi connectivity index (χ3v) is 5.73. The van der Waals surface area contributed by atoms with E-state index in [0.29, 0.717) is 0 Å². The monoisotopic (exact) mass is 424 g/mol. The molecule has 0 amide bonds. The van der Waals surface area contributed by atoms with Gasteiger partial charge in [0.05, 0.1) is 11.9 Å². The van der Waals surface area contributed by atoms with Crippen molar-refractivity contribution in [1.82, 2.24) is 0 Å². The van der Waals surface area contributed by atoms with Crippen LogP contribution in [0.3, 0.4) is 0 Å². The third-order valence-electron chi connectivity index (χ3n) is 5.73. The second-order valence-electron chi connectivity index (χ2n) is 10.8. The van der Waals surface area contributed by atoms with Crippen molar-refractivity contribution in [1.29, 1.82) is 0 Å². The van der Waals surface area contributed by atoms with E-state index in [1.54, 1.807) is 0 Å². The van der Waals surface area contributed by atoms with Crippen LogP contribution < -0.4 is 10.4 Å². The summed E-state index contributed by atoms with van der Waals surface area (Å²) in [6.07, 6.45) is 2.77. The molecular formula is C30H36N2. The Hall–Kier alpha value is -3.00. The van der Waals surface area contributed by atoms with Crippen LogP contribution in [0.2, 0.25) is 0 Å². The highest BCUT2D eigenvalue weighted by atomic mass is 15.1. The summed E-state index contributed by atoms with van der Waals surface area (Å²) in [5.74, 6) is 0. The first-order chi connectivity index (χ1) is 14.9. The first kappa shape index (κ1) is 23.7. The van der Waals surface area contributed by atoms with Gasteiger partial charge in [0, 0.05) is 0 Å². The first-order valence-electron chi connectivity index (χ1n) is 11.3. The lowest BCUT2D eigenvalue weighted by molar-refractivity contribution is 0.560. The molecule has 0 saturated carbocycles. The Bertz CT molecular complexity index is 1160. The minimum atomic E-state index is 0.0192. The van der Waals surface area contributed by atoms with Crippen LogP contribution in [0, 0.1) is 6.92 Å². The zero-order chi connectivity index (χ0) is 23.5. The van der Waals surface area contributed by atoms with Gasteiger partial charge in [-0.3, -0.25) is 0 Å². The Kier molecular flexibility index (Phi) is 6.83. The molecule has 0 spiro atoms.